The molecule has 112 valence electrons. The van der Waals surface area contributed by atoms with E-state index in [1.165, 1.54) is 0 Å². The highest BCUT2D eigenvalue weighted by Gasteiger charge is 2.56. The SMILES string of the molecule is O=C1CCCC[C@@H]1C[C@]1(O)C(=O)N[C@H]2CC[C@@H](Br)C[C@H]21. The van der Waals surface area contributed by atoms with Crippen molar-refractivity contribution >= 4 is 27.6 Å². The molecular formula is C15H22BrNO3. The fraction of sp³-hybridized carbons (Fsp3) is 0.867. The van der Waals surface area contributed by atoms with Crippen LogP contribution in [0, 0.1) is 11.8 Å². The summed E-state index contributed by atoms with van der Waals surface area (Å²) < 4.78 is 0. The first-order valence-corrected chi connectivity index (χ1v) is 8.62. The van der Waals surface area contributed by atoms with Crippen LogP contribution in [-0.2, 0) is 9.59 Å². The summed E-state index contributed by atoms with van der Waals surface area (Å²) in [5.74, 6) is -0.212. The Labute approximate surface area is 127 Å². The summed E-state index contributed by atoms with van der Waals surface area (Å²) in [5, 5.41) is 13.9. The van der Waals surface area contributed by atoms with Gasteiger partial charge in [-0.15, -0.1) is 0 Å². The minimum Gasteiger partial charge on any atom is -0.380 e. The second kappa shape index (κ2) is 5.41. The topological polar surface area (TPSA) is 66.4 Å². The van der Waals surface area contributed by atoms with Crippen LogP contribution < -0.4 is 5.32 Å². The van der Waals surface area contributed by atoms with E-state index < -0.39 is 5.60 Å². The molecule has 1 aliphatic heterocycles. The standard InChI is InChI=1S/C15H22BrNO3/c16-10-5-6-12-11(7-10)15(20,14(19)17-12)8-9-3-1-2-4-13(9)18/h9-12,20H,1-8H2,(H,17,19)/t9-,10-,11-,12+,15-/m1/s1. The average Bonchev–Trinajstić information content (AvgIpc) is 2.65. The zero-order valence-corrected chi connectivity index (χ0v) is 13.2. The first kappa shape index (κ1) is 14.5. The molecule has 0 unspecified atom stereocenters. The lowest BCUT2D eigenvalue weighted by molar-refractivity contribution is -0.143. The van der Waals surface area contributed by atoms with Crippen molar-refractivity contribution in [1.82, 2.24) is 5.32 Å². The van der Waals surface area contributed by atoms with Crippen LogP contribution in [0.4, 0.5) is 0 Å². The molecule has 0 radical (unpaired) electrons. The van der Waals surface area contributed by atoms with Crippen molar-refractivity contribution in [1.29, 1.82) is 0 Å². The van der Waals surface area contributed by atoms with Gasteiger partial charge in [0.1, 0.15) is 11.4 Å². The Bertz CT molecular complexity index is 427. The van der Waals surface area contributed by atoms with Crippen LogP contribution in [0.5, 0.6) is 0 Å². The van der Waals surface area contributed by atoms with Crippen LogP contribution in [0.15, 0.2) is 0 Å². The third-order valence-electron chi connectivity index (χ3n) is 5.35. The summed E-state index contributed by atoms with van der Waals surface area (Å²) in [5.41, 5.74) is -1.34. The summed E-state index contributed by atoms with van der Waals surface area (Å²) in [6.45, 7) is 0. The molecule has 5 atom stereocenters. The number of carbonyl (C=O) groups is 2. The van der Waals surface area contributed by atoms with Gasteiger partial charge in [-0.05, 0) is 38.5 Å². The van der Waals surface area contributed by atoms with E-state index in [-0.39, 0.29) is 29.6 Å². The molecule has 3 aliphatic rings. The molecule has 3 rings (SSSR count). The van der Waals surface area contributed by atoms with Gasteiger partial charge in [-0.3, -0.25) is 9.59 Å². The van der Waals surface area contributed by atoms with Crippen LogP contribution in [0.25, 0.3) is 0 Å². The lowest BCUT2D eigenvalue weighted by atomic mass is 9.71. The van der Waals surface area contributed by atoms with Crippen LogP contribution >= 0.6 is 15.9 Å². The van der Waals surface area contributed by atoms with E-state index in [1.54, 1.807) is 0 Å². The lowest BCUT2D eigenvalue weighted by Crippen LogP contribution is -2.47. The van der Waals surface area contributed by atoms with E-state index in [1.807, 2.05) is 0 Å². The number of aliphatic hydroxyl groups is 1. The molecule has 2 aliphatic carbocycles. The Hall–Kier alpha value is -0.420. The molecule has 1 amide bonds. The zero-order chi connectivity index (χ0) is 14.3. The summed E-state index contributed by atoms with van der Waals surface area (Å²) >= 11 is 3.62. The molecule has 20 heavy (non-hydrogen) atoms. The number of halogens is 1. The second-order valence-electron chi connectivity index (χ2n) is 6.63. The number of nitrogens with one attached hydrogen (secondary N) is 1. The van der Waals surface area contributed by atoms with E-state index in [0.717, 1.165) is 38.5 Å². The summed E-state index contributed by atoms with van der Waals surface area (Å²) in [4.78, 5) is 24.6. The minimum absolute atomic E-state index is 0.0529. The molecule has 0 aromatic carbocycles. The van der Waals surface area contributed by atoms with Gasteiger partial charge in [-0.25, -0.2) is 0 Å². The van der Waals surface area contributed by atoms with Gasteiger partial charge in [0.25, 0.3) is 5.91 Å². The number of carbonyl (C=O) groups excluding carboxylic acids is 2. The van der Waals surface area contributed by atoms with Crippen molar-refractivity contribution in [3.63, 3.8) is 0 Å². The number of hydrogen-bond acceptors (Lipinski definition) is 3. The molecule has 0 aromatic rings. The molecule has 3 fully saturated rings. The van der Waals surface area contributed by atoms with Crippen LogP contribution in [0.2, 0.25) is 0 Å². The normalized spacial score (nSPS) is 45.1. The third kappa shape index (κ3) is 2.43. The maximum Gasteiger partial charge on any atom is 0.252 e. The van der Waals surface area contributed by atoms with Gasteiger partial charge < -0.3 is 10.4 Å². The van der Waals surface area contributed by atoms with E-state index in [0.29, 0.717) is 17.7 Å². The highest BCUT2D eigenvalue weighted by molar-refractivity contribution is 9.09. The van der Waals surface area contributed by atoms with E-state index in [9.17, 15) is 14.7 Å². The fourth-order valence-electron chi connectivity index (χ4n) is 4.17. The maximum absolute atomic E-state index is 12.3. The van der Waals surface area contributed by atoms with Gasteiger partial charge in [0.05, 0.1) is 0 Å². The number of amides is 1. The molecule has 1 heterocycles. The van der Waals surface area contributed by atoms with E-state index in [4.69, 9.17) is 0 Å². The monoisotopic (exact) mass is 343 g/mol. The Morgan fingerprint density at radius 2 is 2.05 bits per heavy atom. The number of alkyl halides is 1. The highest BCUT2D eigenvalue weighted by atomic mass is 79.9. The van der Waals surface area contributed by atoms with E-state index >= 15 is 0 Å². The number of hydrogen-bond donors (Lipinski definition) is 2. The summed E-state index contributed by atoms with van der Waals surface area (Å²) in [6, 6.07) is 0.0833. The van der Waals surface area contributed by atoms with Gasteiger partial charge in [0.2, 0.25) is 0 Å². The average molecular weight is 344 g/mol. The molecule has 0 aromatic heterocycles. The largest absolute Gasteiger partial charge is 0.380 e. The fourth-order valence-corrected chi connectivity index (χ4v) is 4.84. The number of rotatable bonds is 2. The number of Topliss-reactive ketones (excluding diaryl/α,β-unsaturated/α-hetero) is 1. The number of fused-ring (bicyclic) bond motifs is 1. The Kier molecular flexibility index (Phi) is 3.93. The van der Waals surface area contributed by atoms with Crippen molar-refractivity contribution in [3.05, 3.63) is 0 Å². The molecule has 0 bridgehead atoms. The van der Waals surface area contributed by atoms with Gasteiger partial charge in [-0.2, -0.15) is 0 Å². The first-order valence-electron chi connectivity index (χ1n) is 7.71. The van der Waals surface area contributed by atoms with Crippen LogP contribution in [0.1, 0.15) is 51.4 Å². The van der Waals surface area contributed by atoms with Crippen molar-refractivity contribution in [2.24, 2.45) is 11.8 Å². The maximum atomic E-state index is 12.3. The van der Waals surface area contributed by atoms with Crippen molar-refractivity contribution in [3.8, 4) is 0 Å². The molecule has 4 nitrogen and oxygen atoms in total. The molecule has 5 heteroatoms. The quantitative estimate of drug-likeness (QED) is 0.753. The van der Waals surface area contributed by atoms with Gasteiger partial charge in [0.15, 0.2) is 0 Å². The Morgan fingerprint density at radius 1 is 1.25 bits per heavy atom. The highest BCUT2D eigenvalue weighted by Crippen LogP contribution is 2.44. The Balaban J connectivity index is 1.78. The predicted octanol–water partition coefficient (Wildman–Crippen LogP) is 1.93. The van der Waals surface area contributed by atoms with Gasteiger partial charge in [0, 0.05) is 29.1 Å². The van der Waals surface area contributed by atoms with Crippen molar-refractivity contribution in [2.45, 2.75) is 67.8 Å². The second-order valence-corrected chi connectivity index (χ2v) is 7.93. The Morgan fingerprint density at radius 3 is 2.80 bits per heavy atom. The molecule has 1 saturated heterocycles. The van der Waals surface area contributed by atoms with Crippen molar-refractivity contribution in [2.75, 3.05) is 0 Å². The first-order chi connectivity index (χ1) is 9.50. The molecular weight excluding hydrogens is 322 g/mol. The summed E-state index contributed by atoms with van der Waals surface area (Å²) in [6.07, 6.45) is 6.48. The minimum atomic E-state index is -1.34. The molecule has 0 spiro atoms. The summed E-state index contributed by atoms with van der Waals surface area (Å²) in [7, 11) is 0. The zero-order valence-electron chi connectivity index (χ0n) is 11.6. The van der Waals surface area contributed by atoms with Gasteiger partial charge in [-0.1, -0.05) is 22.4 Å². The van der Waals surface area contributed by atoms with Crippen molar-refractivity contribution < 1.29 is 14.7 Å². The lowest BCUT2D eigenvalue weighted by Gasteiger charge is -2.37. The van der Waals surface area contributed by atoms with E-state index in [2.05, 4.69) is 21.2 Å². The van der Waals surface area contributed by atoms with Crippen LogP contribution in [-0.4, -0.2) is 33.3 Å². The number of ketones is 1. The third-order valence-corrected chi connectivity index (χ3v) is 6.18. The van der Waals surface area contributed by atoms with Gasteiger partial charge >= 0.3 is 0 Å². The molecule has 2 saturated carbocycles. The smallest absolute Gasteiger partial charge is 0.252 e. The molecule has 2 N–H and O–H groups in total. The predicted molar refractivity (Wildman–Crippen MR) is 78.5 cm³/mol. The van der Waals surface area contributed by atoms with Crippen LogP contribution in [0.3, 0.4) is 0 Å².